The van der Waals surface area contributed by atoms with Crippen molar-refractivity contribution in [1.29, 1.82) is 0 Å². The van der Waals surface area contributed by atoms with Gasteiger partial charge in [-0.3, -0.25) is 9.69 Å². The van der Waals surface area contributed by atoms with Crippen LogP contribution < -0.4 is 10.2 Å². The van der Waals surface area contributed by atoms with Gasteiger partial charge in [-0.1, -0.05) is 12.1 Å². The molecule has 27 heavy (non-hydrogen) atoms. The van der Waals surface area contributed by atoms with Crippen molar-refractivity contribution in [2.45, 2.75) is 25.9 Å². The fourth-order valence-corrected chi connectivity index (χ4v) is 3.37. The molecular formula is C21H26FN3O2. The van der Waals surface area contributed by atoms with Crippen LogP contribution in [0.2, 0.25) is 0 Å². The third-order valence-corrected chi connectivity index (χ3v) is 5.19. The van der Waals surface area contributed by atoms with Gasteiger partial charge in [0.1, 0.15) is 11.6 Å². The average Bonchev–Trinajstić information content (AvgIpc) is 2.68. The monoisotopic (exact) mass is 371 g/mol. The minimum atomic E-state index is -0.280. The standard InChI is InChI=1S/C21H26FN3O2/c1-15(17-3-5-18(22)6-4-17)23-21(27)16(2)24-11-13-25(14-12-24)19-7-9-20(26)10-8-19/h3-10,15-16,26H,11-14H2,1-2H3,(H,23,27). The van der Waals surface area contributed by atoms with Gasteiger partial charge < -0.3 is 15.3 Å². The number of aromatic hydroxyl groups is 1. The van der Waals surface area contributed by atoms with Gasteiger partial charge in [-0.25, -0.2) is 4.39 Å². The van der Waals surface area contributed by atoms with E-state index >= 15 is 0 Å². The zero-order valence-electron chi connectivity index (χ0n) is 15.7. The number of hydrogen-bond acceptors (Lipinski definition) is 4. The molecule has 1 aliphatic rings. The molecule has 2 aromatic carbocycles. The Labute approximate surface area is 159 Å². The van der Waals surface area contributed by atoms with Crippen LogP contribution in [-0.2, 0) is 4.79 Å². The number of carbonyl (C=O) groups is 1. The van der Waals surface area contributed by atoms with Gasteiger partial charge in [-0.2, -0.15) is 0 Å². The first-order valence-electron chi connectivity index (χ1n) is 9.28. The second kappa shape index (κ2) is 8.39. The van der Waals surface area contributed by atoms with E-state index in [0.29, 0.717) is 0 Å². The summed E-state index contributed by atoms with van der Waals surface area (Å²) in [6.45, 7) is 7.07. The molecule has 1 heterocycles. The number of phenols is 1. The molecule has 144 valence electrons. The smallest absolute Gasteiger partial charge is 0.237 e. The van der Waals surface area contributed by atoms with E-state index in [2.05, 4.69) is 15.1 Å². The number of halogens is 1. The Balaban J connectivity index is 1.52. The van der Waals surface area contributed by atoms with Crippen LogP contribution in [0.1, 0.15) is 25.5 Å². The van der Waals surface area contributed by atoms with Crippen LogP contribution >= 0.6 is 0 Å². The fraction of sp³-hybridized carbons (Fsp3) is 0.381. The summed E-state index contributed by atoms with van der Waals surface area (Å²) >= 11 is 0. The quantitative estimate of drug-likeness (QED) is 0.849. The van der Waals surface area contributed by atoms with Gasteiger partial charge in [0.15, 0.2) is 0 Å². The molecule has 1 aliphatic heterocycles. The Hall–Kier alpha value is -2.60. The first-order valence-corrected chi connectivity index (χ1v) is 9.28. The number of phenolic OH excluding ortho intramolecular Hbond substituents is 1. The summed E-state index contributed by atoms with van der Waals surface area (Å²) in [6.07, 6.45) is 0. The van der Waals surface area contributed by atoms with Crippen molar-refractivity contribution >= 4 is 11.6 Å². The van der Waals surface area contributed by atoms with Crippen molar-refractivity contribution in [3.8, 4) is 5.75 Å². The summed E-state index contributed by atoms with van der Waals surface area (Å²) in [5, 5.41) is 12.4. The van der Waals surface area contributed by atoms with E-state index in [0.717, 1.165) is 37.4 Å². The van der Waals surface area contributed by atoms with Gasteiger partial charge in [-0.05, 0) is 55.8 Å². The minimum Gasteiger partial charge on any atom is -0.508 e. The van der Waals surface area contributed by atoms with Gasteiger partial charge in [0.2, 0.25) is 5.91 Å². The highest BCUT2D eigenvalue weighted by atomic mass is 19.1. The zero-order chi connectivity index (χ0) is 19.4. The van der Waals surface area contributed by atoms with E-state index in [1.165, 1.54) is 12.1 Å². The van der Waals surface area contributed by atoms with Crippen molar-refractivity contribution in [1.82, 2.24) is 10.2 Å². The highest BCUT2D eigenvalue weighted by molar-refractivity contribution is 5.81. The number of nitrogens with zero attached hydrogens (tertiary/aromatic N) is 2. The van der Waals surface area contributed by atoms with Crippen LogP contribution in [0, 0.1) is 5.82 Å². The number of piperazine rings is 1. The maximum Gasteiger partial charge on any atom is 0.237 e. The Kier molecular flexibility index (Phi) is 5.96. The molecule has 0 bridgehead atoms. The van der Waals surface area contributed by atoms with Crippen molar-refractivity contribution in [3.63, 3.8) is 0 Å². The molecule has 0 radical (unpaired) electrons. The molecule has 6 heteroatoms. The molecule has 2 N–H and O–H groups in total. The van der Waals surface area contributed by atoms with E-state index in [1.54, 1.807) is 24.3 Å². The van der Waals surface area contributed by atoms with E-state index < -0.39 is 0 Å². The lowest BCUT2D eigenvalue weighted by molar-refractivity contribution is -0.126. The summed E-state index contributed by atoms with van der Waals surface area (Å²) < 4.78 is 13.0. The largest absolute Gasteiger partial charge is 0.508 e. The predicted molar refractivity (Wildman–Crippen MR) is 104 cm³/mol. The molecule has 0 aliphatic carbocycles. The van der Waals surface area contributed by atoms with E-state index in [9.17, 15) is 14.3 Å². The first kappa shape index (κ1) is 19.2. The molecule has 1 fully saturated rings. The SMILES string of the molecule is CC(NC(=O)C(C)N1CCN(c2ccc(O)cc2)CC1)c1ccc(F)cc1. The van der Waals surface area contributed by atoms with Crippen molar-refractivity contribution < 1.29 is 14.3 Å². The maximum absolute atomic E-state index is 13.0. The number of amides is 1. The number of benzene rings is 2. The van der Waals surface area contributed by atoms with Gasteiger partial charge in [0.25, 0.3) is 0 Å². The number of rotatable bonds is 5. The molecule has 0 saturated carbocycles. The number of carbonyl (C=O) groups excluding carboxylic acids is 1. The maximum atomic E-state index is 13.0. The summed E-state index contributed by atoms with van der Waals surface area (Å²) in [4.78, 5) is 17.0. The second-order valence-electron chi connectivity index (χ2n) is 7.00. The Morgan fingerprint density at radius 2 is 1.59 bits per heavy atom. The molecule has 0 aromatic heterocycles. The van der Waals surface area contributed by atoms with Gasteiger partial charge >= 0.3 is 0 Å². The third kappa shape index (κ3) is 4.77. The van der Waals surface area contributed by atoms with Crippen LogP contribution in [0.4, 0.5) is 10.1 Å². The van der Waals surface area contributed by atoms with Crippen LogP contribution in [0.5, 0.6) is 5.75 Å². The van der Waals surface area contributed by atoms with Crippen LogP contribution in [0.15, 0.2) is 48.5 Å². The summed E-state index contributed by atoms with van der Waals surface area (Å²) in [5.74, 6) is -0.0417. The normalized spacial score (nSPS) is 17.4. The molecule has 0 spiro atoms. The summed E-state index contributed by atoms with van der Waals surface area (Å²) in [6, 6.07) is 13.0. The van der Waals surface area contributed by atoms with E-state index in [1.807, 2.05) is 26.0 Å². The average molecular weight is 371 g/mol. The lowest BCUT2D eigenvalue weighted by Crippen LogP contribution is -2.54. The highest BCUT2D eigenvalue weighted by Crippen LogP contribution is 2.20. The third-order valence-electron chi connectivity index (χ3n) is 5.19. The van der Waals surface area contributed by atoms with Crippen LogP contribution in [0.25, 0.3) is 0 Å². The fourth-order valence-electron chi connectivity index (χ4n) is 3.37. The van der Waals surface area contributed by atoms with Crippen molar-refractivity contribution in [3.05, 3.63) is 59.9 Å². The van der Waals surface area contributed by atoms with Crippen molar-refractivity contribution in [2.75, 3.05) is 31.1 Å². The lowest BCUT2D eigenvalue weighted by atomic mass is 10.1. The molecular weight excluding hydrogens is 345 g/mol. The first-order chi connectivity index (χ1) is 12.9. The second-order valence-corrected chi connectivity index (χ2v) is 7.00. The number of nitrogens with one attached hydrogen (secondary N) is 1. The van der Waals surface area contributed by atoms with Crippen LogP contribution in [0.3, 0.4) is 0 Å². The molecule has 1 amide bonds. The predicted octanol–water partition coefficient (Wildman–Crippen LogP) is 2.92. The zero-order valence-corrected chi connectivity index (χ0v) is 15.7. The molecule has 3 rings (SSSR count). The molecule has 2 aromatic rings. The molecule has 5 nitrogen and oxygen atoms in total. The summed E-state index contributed by atoms with van der Waals surface area (Å²) in [7, 11) is 0. The number of anilines is 1. The lowest BCUT2D eigenvalue weighted by Gasteiger charge is -2.38. The molecule has 2 atom stereocenters. The minimum absolute atomic E-state index is 0.0232. The van der Waals surface area contributed by atoms with Gasteiger partial charge in [-0.15, -0.1) is 0 Å². The molecule has 2 unspecified atom stereocenters. The Morgan fingerprint density at radius 1 is 1.00 bits per heavy atom. The highest BCUT2D eigenvalue weighted by Gasteiger charge is 2.26. The Morgan fingerprint density at radius 3 is 2.19 bits per heavy atom. The number of hydrogen-bond donors (Lipinski definition) is 2. The van der Waals surface area contributed by atoms with E-state index in [4.69, 9.17) is 0 Å². The topological polar surface area (TPSA) is 55.8 Å². The van der Waals surface area contributed by atoms with Gasteiger partial charge in [0, 0.05) is 31.9 Å². The summed E-state index contributed by atoms with van der Waals surface area (Å²) in [5.41, 5.74) is 1.96. The van der Waals surface area contributed by atoms with E-state index in [-0.39, 0.29) is 29.6 Å². The van der Waals surface area contributed by atoms with Gasteiger partial charge in [0.05, 0.1) is 12.1 Å². The molecule has 1 saturated heterocycles. The Bertz CT molecular complexity index is 756. The van der Waals surface area contributed by atoms with Crippen molar-refractivity contribution in [2.24, 2.45) is 0 Å². The van der Waals surface area contributed by atoms with Crippen LogP contribution in [-0.4, -0.2) is 48.1 Å².